The van der Waals surface area contributed by atoms with Crippen LogP contribution in [0, 0.1) is 0 Å². The van der Waals surface area contributed by atoms with Crippen LogP contribution in [0.25, 0.3) is 0 Å². The van der Waals surface area contributed by atoms with E-state index in [1.54, 1.807) is 0 Å². The topological polar surface area (TPSA) is 58.2 Å². The first-order chi connectivity index (χ1) is 7.63. The van der Waals surface area contributed by atoms with Gasteiger partial charge < -0.3 is 10.6 Å². The van der Waals surface area contributed by atoms with Gasteiger partial charge in [-0.05, 0) is 25.0 Å². The Kier molecular flexibility index (Phi) is 7.85. The Labute approximate surface area is 96.8 Å². The summed E-state index contributed by atoms with van der Waals surface area (Å²) in [6.07, 6.45) is 5.08. The monoisotopic (exact) mass is 224 g/mol. The average molecular weight is 224 g/mol. The Bertz CT molecular complexity index is 262. The van der Waals surface area contributed by atoms with Crippen molar-refractivity contribution in [3.63, 3.8) is 0 Å². The zero-order valence-electron chi connectivity index (χ0n) is 9.79. The lowest BCUT2D eigenvalue weighted by molar-refractivity contribution is -0.117. The van der Waals surface area contributed by atoms with Crippen molar-refractivity contribution in [1.82, 2.24) is 10.6 Å². The van der Waals surface area contributed by atoms with Gasteiger partial charge in [0.1, 0.15) is 0 Å². The molecule has 0 aromatic carbocycles. The summed E-state index contributed by atoms with van der Waals surface area (Å²) in [4.78, 5) is 22.0. The van der Waals surface area contributed by atoms with Gasteiger partial charge in [-0.25, -0.2) is 0 Å². The number of carbonyl (C=O) groups excluding carboxylic acids is 2. The minimum atomic E-state index is -0.190. The lowest BCUT2D eigenvalue weighted by atomic mass is 10.1. The lowest BCUT2D eigenvalue weighted by Gasteiger charge is -2.17. The van der Waals surface area contributed by atoms with Crippen molar-refractivity contribution < 1.29 is 9.59 Å². The van der Waals surface area contributed by atoms with Crippen molar-refractivity contribution in [2.24, 2.45) is 0 Å². The maximum Gasteiger partial charge on any atom is 0.243 e. The van der Waals surface area contributed by atoms with E-state index in [-0.39, 0.29) is 17.9 Å². The van der Waals surface area contributed by atoms with E-state index < -0.39 is 0 Å². The van der Waals surface area contributed by atoms with E-state index in [9.17, 15) is 9.59 Å². The number of nitrogens with one attached hydrogen (secondary N) is 2. The van der Waals surface area contributed by atoms with E-state index in [2.05, 4.69) is 30.7 Å². The second-order valence-electron chi connectivity index (χ2n) is 3.48. The van der Waals surface area contributed by atoms with Gasteiger partial charge in [0.05, 0.1) is 0 Å². The number of carbonyl (C=O) groups is 2. The molecule has 0 radical (unpaired) electrons. The van der Waals surface area contributed by atoms with Gasteiger partial charge in [-0.15, -0.1) is 0 Å². The normalized spacial score (nSPS) is 11.3. The molecular formula is C12H20N2O2. The van der Waals surface area contributed by atoms with Crippen LogP contribution in [0.4, 0.5) is 0 Å². The summed E-state index contributed by atoms with van der Waals surface area (Å²) in [6, 6.07) is 0.0839. The Balaban J connectivity index is 3.92. The van der Waals surface area contributed by atoms with Gasteiger partial charge in [-0.2, -0.15) is 0 Å². The van der Waals surface area contributed by atoms with Crippen LogP contribution in [0.2, 0.25) is 0 Å². The third-order valence-electron chi connectivity index (χ3n) is 2.15. The molecule has 0 aliphatic carbocycles. The Hall–Kier alpha value is -1.58. The van der Waals surface area contributed by atoms with Crippen molar-refractivity contribution in [3.05, 3.63) is 25.3 Å². The predicted molar refractivity (Wildman–Crippen MR) is 64.9 cm³/mol. The van der Waals surface area contributed by atoms with Crippen LogP contribution in [0.15, 0.2) is 25.3 Å². The van der Waals surface area contributed by atoms with E-state index in [0.717, 1.165) is 12.8 Å². The molecule has 4 nitrogen and oxygen atoms in total. The summed E-state index contributed by atoms with van der Waals surface area (Å²) in [5.41, 5.74) is 0. The smallest absolute Gasteiger partial charge is 0.243 e. The van der Waals surface area contributed by atoms with Gasteiger partial charge in [0.25, 0.3) is 0 Å². The van der Waals surface area contributed by atoms with Crippen molar-refractivity contribution >= 4 is 11.8 Å². The predicted octanol–water partition coefficient (Wildman–Crippen LogP) is 1.15. The Morgan fingerprint density at radius 1 is 1.19 bits per heavy atom. The molecule has 0 spiro atoms. The number of amides is 2. The van der Waals surface area contributed by atoms with Crippen LogP contribution in [0.1, 0.15) is 26.2 Å². The molecule has 0 saturated carbocycles. The molecule has 16 heavy (non-hydrogen) atoms. The van der Waals surface area contributed by atoms with Crippen molar-refractivity contribution in [2.75, 3.05) is 6.54 Å². The van der Waals surface area contributed by atoms with Crippen molar-refractivity contribution in [1.29, 1.82) is 0 Å². The number of hydrogen-bond donors (Lipinski definition) is 2. The molecule has 0 fully saturated rings. The largest absolute Gasteiger partial charge is 0.352 e. The summed E-state index contributed by atoms with van der Waals surface area (Å²) < 4.78 is 0. The van der Waals surface area contributed by atoms with Gasteiger partial charge in [-0.3, -0.25) is 9.59 Å². The zero-order valence-corrected chi connectivity index (χ0v) is 9.79. The van der Waals surface area contributed by atoms with E-state index in [1.807, 2.05) is 0 Å². The van der Waals surface area contributed by atoms with Gasteiger partial charge in [0, 0.05) is 12.6 Å². The van der Waals surface area contributed by atoms with Crippen LogP contribution in [-0.4, -0.2) is 24.4 Å². The third-order valence-corrected chi connectivity index (χ3v) is 2.15. The number of rotatable bonds is 8. The first-order valence-electron chi connectivity index (χ1n) is 5.47. The standard InChI is InChI=1S/C12H20N2O2/c1-4-7-10(14-12(16)6-3)8-9-13-11(15)5-2/h5-6,10H,2-4,7-9H2,1H3,(H,13,15)(H,14,16). The molecule has 2 amide bonds. The van der Waals surface area contributed by atoms with E-state index in [4.69, 9.17) is 0 Å². The molecule has 0 heterocycles. The van der Waals surface area contributed by atoms with E-state index in [0.29, 0.717) is 13.0 Å². The highest BCUT2D eigenvalue weighted by atomic mass is 16.2. The average Bonchev–Trinajstić information content (AvgIpc) is 2.28. The maximum atomic E-state index is 11.1. The number of hydrogen-bond acceptors (Lipinski definition) is 2. The van der Waals surface area contributed by atoms with Crippen molar-refractivity contribution in [2.45, 2.75) is 32.2 Å². The van der Waals surface area contributed by atoms with Crippen LogP contribution in [-0.2, 0) is 9.59 Å². The highest BCUT2D eigenvalue weighted by molar-refractivity contribution is 5.87. The fraction of sp³-hybridized carbons (Fsp3) is 0.500. The summed E-state index contributed by atoms with van der Waals surface area (Å²) in [6.45, 7) is 9.35. The molecule has 0 aliphatic rings. The minimum absolute atomic E-state index is 0.0839. The van der Waals surface area contributed by atoms with E-state index >= 15 is 0 Å². The molecule has 0 rings (SSSR count). The second kappa shape index (κ2) is 8.71. The maximum absolute atomic E-state index is 11.1. The molecule has 90 valence electrons. The SMILES string of the molecule is C=CC(=O)NCCC(CCC)NC(=O)C=C. The van der Waals surface area contributed by atoms with Crippen LogP contribution >= 0.6 is 0 Å². The molecule has 4 heteroatoms. The van der Waals surface area contributed by atoms with Gasteiger partial charge in [0.2, 0.25) is 11.8 Å². The van der Waals surface area contributed by atoms with Gasteiger partial charge >= 0.3 is 0 Å². The van der Waals surface area contributed by atoms with Crippen LogP contribution in [0.3, 0.4) is 0 Å². The van der Waals surface area contributed by atoms with Gasteiger partial charge in [0.15, 0.2) is 0 Å². The molecule has 0 aromatic heterocycles. The summed E-state index contributed by atoms with van der Waals surface area (Å²) >= 11 is 0. The van der Waals surface area contributed by atoms with Crippen LogP contribution < -0.4 is 10.6 Å². The minimum Gasteiger partial charge on any atom is -0.352 e. The molecule has 1 unspecified atom stereocenters. The summed E-state index contributed by atoms with van der Waals surface area (Å²) in [5, 5.41) is 5.50. The highest BCUT2D eigenvalue weighted by Gasteiger charge is 2.09. The summed E-state index contributed by atoms with van der Waals surface area (Å²) in [7, 11) is 0. The Morgan fingerprint density at radius 2 is 1.81 bits per heavy atom. The van der Waals surface area contributed by atoms with Gasteiger partial charge in [-0.1, -0.05) is 26.5 Å². The molecule has 0 bridgehead atoms. The van der Waals surface area contributed by atoms with Crippen LogP contribution in [0.5, 0.6) is 0 Å². The molecular weight excluding hydrogens is 204 g/mol. The second-order valence-corrected chi connectivity index (χ2v) is 3.48. The molecule has 0 saturated heterocycles. The Morgan fingerprint density at radius 3 is 2.31 bits per heavy atom. The quantitative estimate of drug-likeness (QED) is 0.608. The summed E-state index contributed by atoms with van der Waals surface area (Å²) in [5.74, 6) is -0.362. The first-order valence-corrected chi connectivity index (χ1v) is 5.47. The molecule has 1 atom stereocenters. The first kappa shape index (κ1) is 14.4. The zero-order chi connectivity index (χ0) is 12.4. The van der Waals surface area contributed by atoms with E-state index in [1.165, 1.54) is 12.2 Å². The molecule has 2 N–H and O–H groups in total. The fourth-order valence-corrected chi connectivity index (χ4v) is 1.34. The molecule has 0 aliphatic heterocycles. The third kappa shape index (κ3) is 6.81. The lowest BCUT2D eigenvalue weighted by Crippen LogP contribution is -2.36. The molecule has 0 aromatic rings. The fourth-order valence-electron chi connectivity index (χ4n) is 1.34. The highest BCUT2D eigenvalue weighted by Crippen LogP contribution is 2.01. The van der Waals surface area contributed by atoms with Crippen molar-refractivity contribution in [3.8, 4) is 0 Å².